The summed E-state index contributed by atoms with van der Waals surface area (Å²) in [7, 11) is 1.61. The van der Waals surface area contributed by atoms with E-state index in [2.05, 4.69) is 10.6 Å². The van der Waals surface area contributed by atoms with Crippen molar-refractivity contribution in [1.82, 2.24) is 10.6 Å². The molecule has 6 heteroatoms. The van der Waals surface area contributed by atoms with Crippen LogP contribution in [-0.4, -0.2) is 19.0 Å². The second-order valence-electron chi connectivity index (χ2n) is 4.95. The fourth-order valence-corrected chi connectivity index (χ4v) is 2.01. The molecular weight excluding hydrogens is 294 g/mol. The Morgan fingerprint density at radius 2 is 1.65 bits per heavy atom. The van der Waals surface area contributed by atoms with Crippen LogP contribution in [0.5, 0.6) is 5.75 Å². The van der Waals surface area contributed by atoms with Crippen LogP contribution in [0.1, 0.15) is 21.5 Å². The summed E-state index contributed by atoms with van der Waals surface area (Å²) in [6.07, 6.45) is 0. The van der Waals surface area contributed by atoms with Crippen LogP contribution in [0, 0.1) is 0 Å². The smallest absolute Gasteiger partial charge is 0.315 e. The van der Waals surface area contributed by atoms with Crippen molar-refractivity contribution in [3.05, 3.63) is 65.2 Å². The van der Waals surface area contributed by atoms with Gasteiger partial charge in [-0.2, -0.15) is 0 Å². The molecule has 120 valence electrons. The van der Waals surface area contributed by atoms with Crippen LogP contribution >= 0.6 is 0 Å². The molecule has 4 N–H and O–H groups in total. The molecule has 0 heterocycles. The number of hydrogen-bond acceptors (Lipinski definition) is 3. The van der Waals surface area contributed by atoms with Crippen molar-refractivity contribution in [2.75, 3.05) is 7.11 Å². The average molecular weight is 313 g/mol. The van der Waals surface area contributed by atoms with Crippen molar-refractivity contribution in [2.45, 2.75) is 13.1 Å². The van der Waals surface area contributed by atoms with Gasteiger partial charge in [-0.05, 0) is 35.4 Å². The molecule has 0 unspecified atom stereocenters. The number of nitrogens with one attached hydrogen (secondary N) is 2. The Morgan fingerprint density at radius 3 is 2.26 bits per heavy atom. The van der Waals surface area contributed by atoms with E-state index in [1.165, 1.54) is 0 Å². The van der Waals surface area contributed by atoms with E-state index < -0.39 is 5.91 Å². The van der Waals surface area contributed by atoms with E-state index in [1.54, 1.807) is 25.3 Å². The van der Waals surface area contributed by atoms with Crippen molar-refractivity contribution in [1.29, 1.82) is 0 Å². The fourth-order valence-electron chi connectivity index (χ4n) is 2.01. The summed E-state index contributed by atoms with van der Waals surface area (Å²) in [6.45, 7) is 0.729. The van der Waals surface area contributed by atoms with Crippen LogP contribution < -0.4 is 21.1 Å². The van der Waals surface area contributed by atoms with E-state index in [9.17, 15) is 9.59 Å². The minimum Gasteiger partial charge on any atom is -0.497 e. The number of methoxy groups -OCH3 is 1. The lowest BCUT2D eigenvalue weighted by Gasteiger charge is -2.09. The molecule has 0 fully saturated rings. The fraction of sp³-hybridized carbons (Fsp3) is 0.176. The molecule has 0 saturated carbocycles. The van der Waals surface area contributed by atoms with Crippen molar-refractivity contribution in [2.24, 2.45) is 5.73 Å². The number of carbonyl (C=O) groups excluding carboxylic acids is 2. The van der Waals surface area contributed by atoms with Crippen LogP contribution in [0.4, 0.5) is 4.79 Å². The third-order valence-corrected chi connectivity index (χ3v) is 3.28. The standard InChI is InChI=1S/C17H19N3O3/c1-23-15-7-5-12(6-8-15)10-19-17(22)20-11-13-3-2-4-14(9-13)16(18)21/h2-9H,10-11H2,1H3,(H2,18,21)(H2,19,20,22). The molecular formula is C17H19N3O3. The lowest BCUT2D eigenvalue weighted by Crippen LogP contribution is -2.34. The molecule has 0 spiro atoms. The topological polar surface area (TPSA) is 93.4 Å². The first-order chi connectivity index (χ1) is 11.1. The van der Waals surface area contributed by atoms with Crippen LogP contribution in [-0.2, 0) is 13.1 Å². The molecule has 6 nitrogen and oxygen atoms in total. The SMILES string of the molecule is COc1ccc(CNC(=O)NCc2cccc(C(N)=O)c2)cc1. The van der Waals surface area contributed by atoms with E-state index in [4.69, 9.17) is 10.5 Å². The first kappa shape index (κ1) is 16.4. The number of hydrogen-bond donors (Lipinski definition) is 3. The minimum absolute atomic E-state index is 0.287. The normalized spacial score (nSPS) is 9.96. The summed E-state index contributed by atoms with van der Waals surface area (Å²) in [4.78, 5) is 22.9. The van der Waals surface area contributed by atoms with Gasteiger partial charge in [-0.15, -0.1) is 0 Å². The zero-order valence-corrected chi connectivity index (χ0v) is 12.8. The van der Waals surface area contributed by atoms with Gasteiger partial charge in [0.2, 0.25) is 5.91 Å². The molecule has 2 aromatic rings. The summed E-state index contributed by atoms with van der Waals surface area (Å²) in [5, 5.41) is 5.49. The lowest BCUT2D eigenvalue weighted by molar-refractivity contribution is 0.1000. The number of carbonyl (C=O) groups is 2. The van der Waals surface area contributed by atoms with Crippen LogP contribution in [0.25, 0.3) is 0 Å². The van der Waals surface area contributed by atoms with Gasteiger partial charge in [0, 0.05) is 18.7 Å². The number of rotatable bonds is 6. The Labute approximate surface area is 134 Å². The van der Waals surface area contributed by atoms with Gasteiger partial charge in [-0.3, -0.25) is 4.79 Å². The third kappa shape index (κ3) is 5.03. The highest BCUT2D eigenvalue weighted by Gasteiger charge is 2.04. The highest BCUT2D eigenvalue weighted by molar-refractivity contribution is 5.92. The van der Waals surface area contributed by atoms with Crippen LogP contribution in [0.15, 0.2) is 48.5 Å². The van der Waals surface area contributed by atoms with E-state index in [0.717, 1.165) is 16.9 Å². The van der Waals surface area contributed by atoms with Gasteiger partial charge in [0.25, 0.3) is 0 Å². The quantitative estimate of drug-likeness (QED) is 0.759. The molecule has 0 aliphatic carbocycles. The first-order valence-electron chi connectivity index (χ1n) is 7.12. The Hall–Kier alpha value is -3.02. The Bertz CT molecular complexity index is 684. The van der Waals surface area contributed by atoms with Crippen molar-refractivity contribution >= 4 is 11.9 Å². The summed E-state index contributed by atoms with van der Waals surface area (Å²) in [5.74, 6) is 0.281. The monoisotopic (exact) mass is 313 g/mol. The van der Waals surface area contributed by atoms with Crippen LogP contribution in [0.2, 0.25) is 0 Å². The van der Waals surface area contributed by atoms with Gasteiger partial charge in [0.05, 0.1) is 7.11 Å². The Balaban J connectivity index is 1.80. The molecule has 2 aromatic carbocycles. The summed E-state index contributed by atoms with van der Waals surface area (Å²) < 4.78 is 5.08. The maximum absolute atomic E-state index is 11.8. The minimum atomic E-state index is -0.490. The molecule has 0 aromatic heterocycles. The van der Waals surface area contributed by atoms with Crippen molar-refractivity contribution in [3.8, 4) is 5.75 Å². The average Bonchev–Trinajstić information content (AvgIpc) is 2.58. The maximum Gasteiger partial charge on any atom is 0.315 e. The second-order valence-corrected chi connectivity index (χ2v) is 4.95. The van der Waals surface area contributed by atoms with E-state index in [0.29, 0.717) is 18.7 Å². The Morgan fingerprint density at radius 1 is 1.00 bits per heavy atom. The van der Waals surface area contributed by atoms with Crippen molar-refractivity contribution < 1.29 is 14.3 Å². The molecule has 23 heavy (non-hydrogen) atoms. The number of amides is 3. The van der Waals surface area contributed by atoms with E-state index >= 15 is 0 Å². The number of primary amides is 1. The molecule has 0 aliphatic heterocycles. The molecule has 3 amide bonds. The highest BCUT2D eigenvalue weighted by atomic mass is 16.5. The van der Waals surface area contributed by atoms with Crippen LogP contribution in [0.3, 0.4) is 0 Å². The molecule has 0 bridgehead atoms. The van der Waals surface area contributed by atoms with Gasteiger partial charge in [0.15, 0.2) is 0 Å². The first-order valence-corrected chi connectivity index (χ1v) is 7.12. The molecule has 0 atom stereocenters. The van der Waals surface area contributed by atoms with E-state index in [1.807, 2.05) is 30.3 Å². The predicted octanol–water partition coefficient (Wildman–Crippen LogP) is 1.79. The maximum atomic E-state index is 11.8. The summed E-state index contributed by atoms with van der Waals surface area (Å²) >= 11 is 0. The van der Waals surface area contributed by atoms with Crippen molar-refractivity contribution in [3.63, 3.8) is 0 Å². The summed E-state index contributed by atoms with van der Waals surface area (Å²) in [5.41, 5.74) is 7.42. The number of nitrogens with two attached hydrogens (primary N) is 1. The Kier molecular flexibility index (Phi) is 5.57. The van der Waals surface area contributed by atoms with Gasteiger partial charge >= 0.3 is 6.03 Å². The molecule has 0 saturated heterocycles. The zero-order chi connectivity index (χ0) is 16.7. The number of urea groups is 1. The van der Waals surface area contributed by atoms with Gasteiger partial charge in [0.1, 0.15) is 5.75 Å². The third-order valence-electron chi connectivity index (χ3n) is 3.28. The molecule has 0 radical (unpaired) electrons. The lowest BCUT2D eigenvalue weighted by atomic mass is 10.1. The molecule has 0 aliphatic rings. The van der Waals surface area contributed by atoms with Gasteiger partial charge < -0.3 is 21.1 Å². The summed E-state index contributed by atoms with van der Waals surface area (Å²) in [6, 6.07) is 14.0. The van der Waals surface area contributed by atoms with E-state index in [-0.39, 0.29) is 6.03 Å². The molecule has 2 rings (SSSR count). The highest BCUT2D eigenvalue weighted by Crippen LogP contribution is 2.10. The number of benzene rings is 2. The zero-order valence-electron chi connectivity index (χ0n) is 12.8. The number of ether oxygens (including phenoxy) is 1. The van der Waals surface area contributed by atoms with Gasteiger partial charge in [-0.25, -0.2) is 4.79 Å². The van der Waals surface area contributed by atoms with Gasteiger partial charge in [-0.1, -0.05) is 24.3 Å². The second kappa shape index (κ2) is 7.84. The predicted molar refractivity (Wildman–Crippen MR) is 87.0 cm³/mol. The largest absolute Gasteiger partial charge is 0.497 e.